The predicted molar refractivity (Wildman–Crippen MR) is 84.1 cm³/mol. The molecule has 12 heteroatoms. The number of aromatic nitrogens is 2. The molecule has 0 aliphatic carbocycles. The van der Waals surface area contributed by atoms with Crippen LogP contribution in [-0.2, 0) is 33.3 Å². The molecule has 1 aromatic heterocycles. The van der Waals surface area contributed by atoms with Gasteiger partial charge in [-0.3, -0.25) is 19.2 Å². The molecule has 1 aromatic rings. The van der Waals surface area contributed by atoms with Crippen molar-refractivity contribution in [3.05, 3.63) is 12.0 Å². The molecule has 0 radical (unpaired) electrons. The Balaban J connectivity index is 2.27. The van der Waals surface area contributed by atoms with Crippen molar-refractivity contribution in [2.45, 2.75) is 45.4 Å². The molecule has 0 saturated carbocycles. The van der Waals surface area contributed by atoms with E-state index in [1.54, 1.807) is 0 Å². The Morgan fingerprint density at radius 1 is 1.11 bits per heavy atom. The van der Waals surface area contributed by atoms with Gasteiger partial charge in [0, 0.05) is 20.8 Å². The van der Waals surface area contributed by atoms with Crippen LogP contribution in [0.3, 0.4) is 0 Å². The lowest BCUT2D eigenvalue weighted by molar-refractivity contribution is -0.171. The van der Waals surface area contributed by atoms with Crippen LogP contribution in [-0.4, -0.2) is 65.0 Å². The molecule has 0 bridgehead atoms. The van der Waals surface area contributed by atoms with E-state index in [4.69, 9.17) is 29.4 Å². The first-order valence-corrected chi connectivity index (χ1v) is 7.82. The summed E-state index contributed by atoms with van der Waals surface area (Å²) >= 11 is 0. The van der Waals surface area contributed by atoms with Gasteiger partial charge < -0.3 is 34.4 Å². The Kier molecular flexibility index (Phi) is 6.34. The minimum absolute atomic E-state index is 0.132. The van der Waals surface area contributed by atoms with Crippen LogP contribution in [0.1, 0.15) is 31.3 Å². The van der Waals surface area contributed by atoms with Crippen molar-refractivity contribution in [3.63, 3.8) is 0 Å². The molecule has 1 aliphatic rings. The van der Waals surface area contributed by atoms with Gasteiger partial charge in [0.25, 0.3) is 5.91 Å². The van der Waals surface area contributed by atoms with Gasteiger partial charge >= 0.3 is 17.9 Å². The number of carbonyl (C=O) groups is 4. The Hall–Kier alpha value is -3.15. The molecule has 2 rings (SSSR count). The van der Waals surface area contributed by atoms with Crippen molar-refractivity contribution in [1.82, 2.24) is 9.97 Å². The van der Waals surface area contributed by atoms with Crippen molar-refractivity contribution in [3.8, 4) is 5.88 Å². The van der Waals surface area contributed by atoms with Gasteiger partial charge in [-0.1, -0.05) is 0 Å². The molecule has 4 atom stereocenters. The lowest BCUT2D eigenvalue weighted by Gasteiger charge is -2.23. The number of esters is 3. The maximum atomic E-state index is 11.5. The SMILES string of the molecule is CC(=O)OC[C@H]1O[C@@H](Oc2nc[nH]c2C(N)=O)[C@@H](OC(C)=O)[C@H]1OC(C)=O. The lowest BCUT2D eigenvalue weighted by atomic mass is 10.1. The summed E-state index contributed by atoms with van der Waals surface area (Å²) in [6.45, 7) is 3.20. The number of ether oxygens (including phenoxy) is 5. The molecule has 0 spiro atoms. The summed E-state index contributed by atoms with van der Waals surface area (Å²) in [4.78, 5) is 51.7. The van der Waals surface area contributed by atoms with Gasteiger partial charge in [0.1, 0.15) is 12.7 Å². The number of nitrogens with zero attached hydrogens (tertiary/aromatic N) is 1. The summed E-state index contributed by atoms with van der Waals surface area (Å²) in [6, 6.07) is 0. The monoisotopic (exact) mass is 385 g/mol. The molecule has 12 nitrogen and oxygen atoms in total. The number of H-pyrrole nitrogens is 1. The highest BCUT2D eigenvalue weighted by atomic mass is 16.7. The van der Waals surface area contributed by atoms with Crippen molar-refractivity contribution < 1.29 is 42.9 Å². The van der Waals surface area contributed by atoms with Crippen molar-refractivity contribution in [1.29, 1.82) is 0 Å². The molecular formula is C15H19N3O9. The van der Waals surface area contributed by atoms with Crippen LogP contribution in [0.2, 0.25) is 0 Å². The first-order chi connectivity index (χ1) is 12.7. The Morgan fingerprint density at radius 3 is 2.30 bits per heavy atom. The van der Waals surface area contributed by atoms with Crippen LogP contribution in [0, 0.1) is 0 Å². The maximum absolute atomic E-state index is 11.5. The van der Waals surface area contributed by atoms with Crippen LogP contribution in [0.5, 0.6) is 5.88 Å². The molecule has 0 unspecified atom stereocenters. The van der Waals surface area contributed by atoms with E-state index in [-0.39, 0.29) is 18.2 Å². The van der Waals surface area contributed by atoms with E-state index in [2.05, 4.69) is 9.97 Å². The smallest absolute Gasteiger partial charge is 0.303 e. The zero-order chi connectivity index (χ0) is 20.1. The lowest BCUT2D eigenvalue weighted by Crippen LogP contribution is -2.42. The highest BCUT2D eigenvalue weighted by Gasteiger charge is 2.51. The number of primary amides is 1. The molecule has 1 saturated heterocycles. The second kappa shape index (κ2) is 8.49. The van der Waals surface area contributed by atoms with Crippen molar-refractivity contribution >= 4 is 23.8 Å². The molecule has 1 fully saturated rings. The summed E-state index contributed by atoms with van der Waals surface area (Å²) in [5, 5.41) is 0. The normalized spacial score (nSPS) is 24.1. The van der Waals surface area contributed by atoms with E-state index in [0.717, 1.165) is 13.8 Å². The van der Waals surface area contributed by atoms with Gasteiger partial charge in [-0.25, -0.2) is 4.98 Å². The third-order valence-electron chi connectivity index (χ3n) is 3.40. The third-order valence-corrected chi connectivity index (χ3v) is 3.40. The molecule has 1 aliphatic heterocycles. The van der Waals surface area contributed by atoms with Crippen molar-refractivity contribution in [2.24, 2.45) is 5.73 Å². The zero-order valence-corrected chi connectivity index (χ0v) is 14.8. The van der Waals surface area contributed by atoms with Crippen LogP contribution in [0.4, 0.5) is 0 Å². The maximum Gasteiger partial charge on any atom is 0.303 e. The standard InChI is InChI=1S/C15H19N3O9/c1-6(19)23-4-9-11(24-7(2)20)12(25-8(3)21)15(26-9)27-14-10(13(16)22)17-5-18-14/h5,9,11-12,15H,4H2,1-3H3,(H2,16,22)(H,17,18)/t9-,11+,12+,15+/m1/s1. The van der Waals surface area contributed by atoms with E-state index in [0.29, 0.717) is 0 Å². The van der Waals surface area contributed by atoms with Gasteiger partial charge in [-0.15, -0.1) is 0 Å². The largest absolute Gasteiger partial charge is 0.463 e. The molecular weight excluding hydrogens is 366 g/mol. The number of aromatic amines is 1. The number of amides is 1. The average molecular weight is 385 g/mol. The summed E-state index contributed by atoms with van der Waals surface area (Å²) in [7, 11) is 0. The molecule has 3 N–H and O–H groups in total. The first kappa shape index (κ1) is 20.2. The van der Waals surface area contributed by atoms with E-state index < -0.39 is 48.4 Å². The predicted octanol–water partition coefficient (Wildman–Crippen LogP) is -0.961. The Morgan fingerprint density at radius 2 is 1.74 bits per heavy atom. The summed E-state index contributed by atoms with van der Waals surface area (Å²) < 4.78 is 26.3. The van der Waals surface area contributed by atoms with Crippen LogP contribution >= 0.6 is 0 Å². The quantitative estimate of drug-likeness (QED) is 0.440. The number of hydrogen-bond acceptors (Lipinski definition) is 10. The van der Waals surface area contributed by atoms with Gasteiger partial charge in [0.15, 0.2) is 11.8 Å². The average Bonchev–Trinajstić information content (AvgIpc) is 3.12. The topological polar surface area (TPSA) is 169 Å². The zero-order valence-electron chi connectivity index (χ0n) is 14.8. The van der Waals surface area contributed by atoms with Crippen LogP contribution < -0.4 is 10.5 Å². The third kappa shape index (κ3) is 5.17. The molecule has 2 heterocycles. The number of imidazole rings is 1. The molecule has 0 aromatic carbocycles. The van der Waals surface area contributed by atoms with Gasteiger partial charge in [-0.2, -0.15) is 0 Å². The van der Waals surface area contributed by atoms with Gasteiger partial charge in [0.05, 0.1) is 6.33 Å². The fourth-order valence-corrected chi connectivity index (χ4v) is 2.43. The number of rotatable bonds is 7. The fourth-order valence-electron chi connectivity index (χ4n) is 2.43. The first-order valence-electron chi connectivity index (χ1n) is 7.82. The summed E-state index contributed by atoms with van der Waals surface area (Å²) in [5.74, 6) is -2.99. The second-order valence-corrected chi connectivity index (χ2v) is 5.56. The highest BCUT2D eigenvalue weighted by molar-refractivity contribution is 5.93. The highest BCUT2D eigenvalue weighted by Crippen LogP contribution is 2.30. The van der Waals surface area contributed by atoms with Crippen LogP contribution in [0.15, 0.2) is 6.33 Å². The fraction of sp³-hybridized carbons (Fsp3) is 0.533. The molecule has 1 amide bonds. The minimum Gasteiger partial charge on any atom is -0.463 e. The number of nitrogens with two attached hydrogens (primary N) is 1. The number of nitrogens with one attached hydrogen (secondary N) is 1. The van der Waals surface area contributed by atoms with Gasteiger partial charge in [0.2, 0.25) is 18.3 Å². The Labute approximate surface area is 153 Å². The van der Waals surface area contributed by atoms with E-state index in [9.17, 15) is 19.2 Å². The Bertz CT molecular complexity index is 732. The van der Waals surface area contributed by atoms with Crippen LogP contribution in [0.25, 0.3) is 0 Å². The van der Waals surface area contributed by atoms with E-state index in [1.165, 1.54) is 13.3 Å². The van der Waals surface area contributed by atoms with Crippen molar-refractivity contribution in [2.75, 3.05) is 6.61 Å². The molecule has 148 valence electrons. The number of hydrogen-bond donors (Lipinski definition) is 2. The van der Waals surface area contributed by atoms with E-state index in [1.807, 2.05) is 0 Å². The van der Waals surface area contributed by atoms with E-state index >= 15 is 0 Å². The summed E-state index contributed by atoms with van der Waals surface area (Å²) in [6.07, 6.45) is -3.44. The number of carbonyl (C=O) groups excluding carboxylic acids is 4. The van der Waals surface area contributed by atoms with Gasteiger partial charge in [-0.05, 0) is 0 Å². The minimum atomic E-state index is -1.31. The summed E-state index contributed by atoms with van der Waals surface area (Å²) in [5.41, 5.74) is 5.08. The second-order valence-electron chi connectivity index (χ2n) is 5.56. The molecule has 27 heavy (non-hydrogen) atoms.